The van der Waals surface area contributed by atoms with Crippen molar-refractivity contribution in [2.24, 2.45) is 0 Å². The summed E-state index contributed by atoms with van der Waals surface area (Å²) in [5, 5.41) is 0. The molecule has 1 atom stereocenters. The van der Waals surface area contributed by atoms with Crippen molar-refractivity contribution in [2.45, 2.75) is 82.9 Å². The molecular weight excluding hydrogens is 385 g/mol. The van der Waals surface area contributed by atoms with Gasteiger partial charge in [0.15, 0.2) is 6.29 Å². The van der Waals surface area contributed by atoms with E-state index in [0.29, 0.717) is 19.1 Å². The van der Waals surface area contributed by atoms with Crippen LogP contribution in [0.5, 0.6) is 0 Å². The summed E-state index contributed by atoms with van der Waals surface area (Å²) < 4.78 is 89.3. The zero-order valence-corrected chi connectivity index (χ0v) is 16.2. The molecule has 1 unspecified atom stereocenters. The van der Waals surface area contributed by atoms with Gasteiger partial charge in [0.1, 0.15) is 0 Å². The van der Waals surface area contributed by atoms with Gasteiger partial charge in [-0.1, -0.05) is 58.3 Å². The molecule has 0 aromatic heterocycles. The summed E-state index contributed by atoms with van der Waals surface area (Å²) in [4.78, 5) is 0. The maximum absolute atomic E-state index is 12.3. The molecule has 0 aliphatic rings. The van der Waals surface area contributed by atoms with Crippen LogP contribution in [0.1, 0.15) is 71.1 Å². The van der Waals surface area contributed by atoms with Crippen LogP contribution in [0.3, 0.4) is 0 Å². The Bertz CT molecular complexity index is 558. The number of hydrogen-bond donors (Lipinski definition) is 0. The Balaban J connectivity index is 4.31. The highest BCUT2D eigenvalue weighted by atomic mass is 32.2. The number of unbranched alkanes of at least 4 members (excludes halogenated alkanes) is 8. The van der Waals surface area contributed by atoms with Crippen molar-refractivity contribution in [1.29, 1.82) is 0 Å². The SMILES string of the molecule is CCCCCCCCCCCC(OS(C)(=O)=O)OS(=O)(=O)C(F)(F)F. The van der Waals surface area contributed by atoms with Crippen LogP contribution in [-0.4, -0.2) is 34.9 Å². The number of hydrogen-bond acceptors (Lipinski definition) is 6. The van der Waals surface area contributed by atoms with Crippen LogP contribution in [0.2, 0.25) is 0 Å². The first kappa shape index (κ1) is 24.6. The summed E-state index contributed by atoms with van der Waals surface area (Å²) in [7, 11) is -10.1. The van der Waals surface area contributed by atoms with Crippen LogP contribution >= 0.6 is 0 Å². The van der Waals surface area contributed by atoms with Gasteiger partial charge in [-0.2, -0.15) is 30.0 Å². The van der Waals surface area contributed by atoms with Crippen molar-refractivity contribution in [1.82, 2.24) is 0 Å². The van der Waals surface area contributed by atoms with E-state index in [9.17, 15) is 30.0 Å². The van der Waals surface area contributed by atoms with Gasteiger partial charge in [0.2, 0.25) is 0 Å². The third kappa shape index (κ3) is 12.6. The highest BCUT2D eigenvalue weighted by molar-refractivity contribution is 7.87. The first-order valence-corrected chi connectivity index (χ1v) is 11.5. The molecule has 152 valence electrons. The van der Waals surface area contributed by atoms with Crippen LogP contribution in [0.4, 0.5) is 13.2 Å². The van der Waals surface area contributed by atoms with Crippen LogP contribution in [-0.2, 0) is 28.6 Å². The third-order valence-corrected chi connectivity index (χ3v) is 4.94. The lowest BCUT2D eigenvalue weighted by molar-refractivity contribution is -0.0728. The Morgan fingerprint density at radius 2 is 1.24 bits per heavy atom. The van der Waals surface area contributed by atoms with Crippen LogP contribution in [0, 0.1) is 0 Å². The van der Waals surface area contributed by atoms with Crippen molar-refractivity contribution in [3.8, 4) is 0 Å². The molecule has 0 N–H and O–H groups in total. The zero-order chi connectivity index (χ0) is 19.6. The van der Waals surface area contributed by atoms with Crippen LogP contribution in [0.15, 0.2) is 0 Å². The Hall–Kier alpha value is -0.390. The molecule has 0 saturated carbocycles. The van der Waals surface area contributed by atoms with Gasteiger partial charge in [0.05, 0.1) is 6.26 Å². The fourth-order valence-electron chi connectivity index (χ4n) is 2.12. The molecule has 0 rings (SSSR count). The molecule has 0 aromatic carbocycles. The molecule has 0 bridgehead atoms. The first-order valence-electron chi connectivity index (χ1n) is 8.27. The highest BCUT2D eigenvalue weighted by Crippen LogP contribution is 2.27. The molecule has 0 aromatic rings. The summed E-state index contributed by atoms with van der Waals surface area (Å²) in [6, 6.07) is 0. The molecule has 6 nitrogen and oxygen atoms in total. The van der Waals surface area contributed by atoms with E-state index in [1.165, 1.54) is 12.8 Å². The van der Waals surface area contributed by atoms with E-state index >= 15 is 0 Å². The van der Waals surface area contributed by atoms with E-state index in [0.717, 1.165) is 32.1 Å². The average Bonchev–Trinajstić information content (AvgIpc) is 2.42. The summed E-state index contributed by atoms with van der Waals surface area (Å²) >= 11 is 0. The second-order valence-electron chi connectivity index (χ2n) is 5.84. The predicted octanol–water partition coefficient (Wildman–Crippen LogP) is 4.08. The van der Waals surface area contributed by atoms with Gasteiger partial charge in [-0.25, -0.2) is 8.37 Å². The molecule has 0 amide bonds. The maximum atomic E-state index is 12.3. The quantitative estimate of drug-likeness (QED) is 0.185. The number of halogens is 3. The first-order chi connectivity index (χ1) is 11.4. The van der Waals surface area contributed by atoms with Gasteiger partial charge in [0.25, 0.3) is 10.1 Å². The fourth-order valence-corrected chi connectivity index (χ4v) is 3.23. The van der Waals surface area contributed by atoms with E-state index in [-0.39, 0.29) is 6.42 Å². The monoisotopic (exact) mass is 412 g/mol. The van der Waals surface area contributed by atoms with Gasteiger partial charge < -0.3 is 0 Å². The maximum Gasteiger partial charge on any atom is 0.523 e. The van der Waals surface area contributed by atoms with E-state index in [4.69, 9.17) is 0 Å². The molecule has 0 saturated heterocycles. The molecule has 0 aliphatic carbocycles. The van der Waals surface area contributed by atoms with Gasteiger partial charge in [-0.3, -0.25) is 0 Å². The average molecular weight is 412 g/mol. The molecule has 0 radical (unpaired) electrons. The summed E-state index contributed by atoms with van der Waals surface area (Å²) in [6.07, 6.45) is 6.73. The normalized spacial score (nSPS) is 14.6. The van der Waals surface area contributed by atoms with Gasteiger partial charge in [-0.15, -0.1) is 0 Å². The minimum Gasteiger partial charge on any atom is -0.237 e. The van der Waals surface area contributed by atoms with Crippen LogP contribution in [0.25, 0.3) is 0 Å². The standard InChI is InChI=1S/C14H27F3O6S2/c1-3-4-5-6-7-8-9-10-11-12-13(22-24(2,18)19)23-25(20,21)14(15,16)17/h13H,3-12H2,1-2H3. The Kier molecular flexibility index (Phi) is 11.2. The molecule has 0 spiro atoms. The minimum absolute atomic E-state index is 0.266. The lowest BCUT2D eigenvalue weighted by Gasteiger charge is -2.17. The number of alkyl halides is 3. The lowest BCUT2D eigenvalue weighted by Crippen LogP contribution is -2.32. The Morgan fingerprint density at radius 1 is 0.800 bits per heavy atom. The van der Waals surface area contributed by atoms with Gasteiger partial charge >= 0.3 is 15.6 Å². The van der Waals surface area contributed by atoms with E-state index < -0.39 is 32.0 Å². The van der Waals surface area contributed by atoms with E-state index in [1.54, 1.807) is 0 Å². The molecule has 0 heterocycles. The topological polar surface area (TPSA) is 86.7 Å². The summed E-state index contributed by atoms with van der Waals surface area (Å²) in [5.74, 6) is 0. The molecule has 11 heteroatoms. The van der Waals surface area contributed by atoms with Crippen molar-refractivity contribution in [3.05, 3.63) is 0 Å². The van der Waals surface area contributed by atoms with Crippen molar-refractivity contribution < 1.29 is 38.4 Å². The number of rotatable bonds is 14. The predicted molar refractivity (Wildman–Crippen MR) is 87.6 cm³/mol. The third-order valence-electron chi connectivity index (χ3n) is 3.34. The minimum atomic E-state index is -5.92. The van der Waals surface area contributed by atoms with Gasteiger partial charge in [0, 0.05) is 6.42 Å². The fraction of sp³-hybridized carbons (Fsp3) is 1.00. The van der Waals surface area contributed by atoms with Gasteiger partial charge in [-0.05, 0) is 6.42 Å². The van der Waals surface area contributed by atoms with Crippen molar-refractivity contribution >= 4 is 20.2 Å². The second kappa shape index (κ2) is 11.3. The zero-order valence-electron chi connectivity index (χ0n) is 14.5. The lowest BCUT2D eigenvalue weighted by atomic mass is 10.1. The summed E-state index contributed by atoms with van der Waals surface area (Å²) in [6.45, 7) is 2.12. The van der Waals surface area contributed by atoms with Crippen molar-refractivity contribution in [2.75, 3.05) is 6.26 Å². The van der Waals surface area contributed by atoms with Crippen molar-refractivity contribution in [3.63, 3.8) is 0 Å². The highest BCUT2D eigenvalue weighted by Gasteiger charge is 2.49. The molecule has 0 fully saturated rings. The molecule has 0 aliphatic heterocycles. The second-order valence-corrected chi connectivity index (χ2v) is 9.01. The Morgan fingerprint density at radius 3 is 1.64 bits per heavy atom. The summed E-state index contributed by atoms with van der Waals surface area (Å²) in [5.41, 5.74) is -5.63. The molecular formula is C14H27F3O6S2. The van der Waals surface area contributed by atoms with Crippen LogP contribution < -0.4 is 0 Å². The smallest absolute Gasteiger partial charge is 0.237 e. The van der Waals surface area contributed by atoms with E-state index in [1.807, 2.05) is 0 Å². The Labute approximate surface area is 148 Å². The largest absolute Gasteiger partial charge is 0.523 e. The van der Waals surface area contributed by atoms with E-state index in [2.05, 4.69) is 15.3 Å². The molecule has 25 heavy (non-hydrogen) atoms.